The van der Waals surface area contributed by atoms with Crippen LogP contribution in [0, 0.1) is 0 Å². The molecular formula is C9H7ClO2S. The van der Waals surface area contributed by atoms with E-state index in [0.29, 0.717) is 5.02 Å². The highest BCUT2D eigenvalue weighted by molar-refractivity contribution is 7.17. The Kier molecular flexibility index (Phi) is 2.06. The summed E-state index contributed by atoms with van der Waals surface area (Å²) in [5.41, 5.74) is 0. The summed E-state index contributed by atoms with van der Waals surface area (Å²) in [6, 6.07) is 3.35. The zero-order valence-corrected chi connectivity index (χ0v) is 8.45. The number of ether oxygens (including phenoxy) is 1. The number of methoxy groups -OCH3 is 1. The van der Waals surface area contributed by atoms with Crippen molar-refractivity contribution in [2.24, 2.45) is 0 Å². The van der Waals surface area contributed by atoms with Gasteiger partial charge in [0.1, 0.15) is 11.5 Å². The lowest BCUT2D eigenvalue weighted by Gasteiger charge is -1.98. The normalized spacial score (nSPS) is 10.6. The van der Waals surface area contributed by atoms with E-state index in [4.69, 9.17) is 16.3 Å². The van der Waals surface area contributed by atoms with Crippen molar-refractivity contribution >= 4 is 33.0 Å². The molecule has 13 heavy (non-hydrogen) atoms. The van der Waals surface area contributed by atoms with Crippen LogP contribution in [0.2, 0.25) is 5.02 Å². The second-order valence-corrected chi connectivity index (χ2v) is 3.92. The summed E-state index contributed by atoms with van der Waals surface area (Å²) >= 11 is 7.30. The maximum absolute atomic E-state index is 9.37. The first-order chi connectivity index (χ1) is 6.22. The van der Waals surface area contributed by atoms with Crippen LogP contribution in [0.4, 0.5) is 0 Å². The molecule has 68 valence electrons. The smallest absolute Gasteiger partial charge is 0.137 e. The topological polar surface area (TPSA) is 29.5 Å². The van der Waals surface area contributed by atoms with Crippen molar-refractivity contribution in [2.75, 3.05) is 7.11 Å². The van der Waals surface area contributed by atoms with Crippen LogP contribution < -0.4 is 4.74 Å². The number of halogens is 1. The van der Waals surface area contributed by atoms with Crippen molar-refractivity contribution in [3.05, 3.63) is 22.5 Å². The zero-order chi connectivity index (χ0) is 9.42. The summed E-state index contributed by atoms with van der Waals surface area (Å²) in [5.74, 6) is 0.859. The fraction of sp³-hybridized carbons (Fsp3) is 0.111. The highest BCUT2D eigenvalue weighted by Crippen LogP contribution is 2.37. The summed E-state index contributed by atoms with van der Waals surface area (Å²) in [7, 11) is 1.60. The SMILES string of the molecule is COc1csc2cc(Cl)c(O)cc12. The Labute approximate surface area is 84.3 Å². The first-order valence-corrected chi connectivity index (χ1v) is 4.92. The molecule has 4 heteroatoms. The largest absolute Gasteiger partial charge is 0.506 e. The first-order valence-electron chi connectivity index (χ1n) is 3.66. The number of thiophene rings is 1. The highest BCUT2D eigenvalue weighted by Gasteiger charge is 2.07. The molecule has 1 aromatic carbocycles. The Bertz CT molecular complexity index is 450. The molecule has 0 saturated carbocycles. The van der Waals surface area contributed by atoms with E-state index in [0.717, 1.165) is 15.8 Å². The predicted octanol–water partition coefficient (Wildman–Crippen LogP) is 3.27. The lowest BCUT2D eigenvalue weighted by atomic mass is 10.2. The van der Waals surface area contributed by atoms with Crippen LogP contribution in [0.5, 0.6) is 11.5 Å². The Balaban J connectivity index is 2.77. The van der Waals surface area contributed by atoms with Gasteiger partial charge in [0.2, 0.25) is 0 Å². The molecule has 1 heterocycles. The zero-order valence-electron chi connectivity index (χ0n) is 6.87. The standard InChI is InChI=1S/C9H7ClO2S/c1-12-8-4-13-9-3-6(10)7(11)2-5(8)9/h2-4,11H,1H3. The summed E-state index contributed by atoms with van der Waals surface area (Å²) in [5, 5.41) is 12.5. The van der Waals surface area contributed by atoms with Crippen molar-refractivity contribution in [3.63, 3.8) is 0 Å². The van der Waals surface area contributed by atoms with Gasteiger partial charge in [-0.05, 0) is 12.1 Å². The average molecular weight is 215 g/mol. The van der Waals surface area contributed by atoms with Gasteiger partial charge in [-0.25, -0.2) is 0 Å². The van der Waals surface area contributed by atoms with E-state index in [1.54, 1.807) is 30.6 Å². The van der Waals surface area contributed by atoms with Crippen LogP contribution in [0.15, 0.2) is 17.5 Å². The van der Waals surface area contributed by atoms with Crippen LogP contribution in [0.1, 0.15) is 0 Å². The molecule has 0 aliphatic rings. The molecule has 0 atom stereocenters. The molecule has 0 fully saturated rings. The fourth-order valence-electron chi connectivity index (χ4n) is 1.17. The molecule has 0 spiro atoms. The molecule has 0 saturated heterocycles. The lowest BCUT2D eigenvalue weighted by Crippen LogP contribution is -1.78. The molecule has 0 amide bonds. The quantitative estimate of drug-likeness (QED) is 0.790. The minimum absolute atomic E-state index is 0.0888. The van der Waals surface area contributed by atoms with Gasteiger partial charge in [0.15, 0.2) is 0 Å². The number of phenols is 1. The van der Waals surface area contributed by atoms with E-state index in [-0.39, 0.29) is 5.75 Å². The molecule has 0 aliphatic carbocycles. The van der Waals surface area contributed by atoms with Crippen LogP contribution >= 0.6 is 22.9 Å². The van der Waals surface area contributed by atoms with Gasteiger partial charge < -0.3 is 9.84 Å². The van der Waals surface area contributed by atoms with Crippen LogP contribution in [-0.4, -0.2) is 12.2 Å². The highest BCUT2D eigenvalue weighted by atomic mass is 35.5. The molecule has 2 rings (SSSR count). The molecular weight excluding hydrogens is 208 g/mol. The third-order valence-electron chi connectivity index (χ3n) is 1.83. The molecule has 1 aromatic heterocycles. The van der Waals surface area contributed by atoms with Crippen molar-refractivity contribution < 1.29 is 9.84 Å². The minimum atomic E-state index is 0.0888. The third-order valence-corrected chi connectivity index (χ3v) is 3.05. The fourth-order valence-corrected chi connectivity index (χ4v) is 2.33. The van der Waals surface area contributed by atoms with Crippen molar-refractivity contribution in [1.82, 2.24) is 0 Å². The van der Waals surface area contributed by atoms with Gasteiger partial charge in [-0.3, -0.25) is 0 Å². The Hall–Kier alpha value is -0.930. The predicted molar refractivity (Wildman–Crippen MR) is 55.1 cm³/mol. The van der Waals surface area contributed by atoms with E-state index in [9.17, 15) is 5.11 Å². The van der Waals surface area contributed by atoms with E-state index in [1.165, 1.54) is 0 Å². The summed E-state index contributed by atoms with van der Waals surface area (Å²) in [6.45, 7) is 0. The maximum atomic E-state index is 9.37. The van der Waals surface area contributed by atoms with Gasteiger partial charge in [0, 0.05) is 15.5 Å². The summed E-state index contributed by atoms with van der Waals surface area (Å²) in [6.07, 6.45) is 0. The van der Waals surface area contributed by atoms with Crippen LogP contribution in [0.3, 0.4) is 0 Å². The molecule has 1 N–H and O–H groups in total. The lowest BCUT2D eigenvalue weighted by molar-refractivity contribution is 0.421. The number of fused-ring (bicyclic) bond motifs is 1. The number of benzene rings is 1. The number of aromatic hydroxyl groups is 1. The van der Waals surface area contributed by atoms with E-state index >= 15 is 0 Å². The van der Waals surface area contributed by atoms with Gasteiger partial charge in [-0.2, -0.15) is 0 Å². The van der Waals surface area contributed by atoms with Gasteiger partial charge in [-0.15, -0.1) is 11.3 Å². The second kappa shape index (κ2) is 3.09. The van der Waals surface area contributed by atoms with E-state index < -0.39 is 0 Å². The van der Waals surface area contributed by atoms with Crippen molar-refractivity contribution in [1.29, 1.82) is 0 Å². The molecule has 2 aromatic rings. The summed E-state index contributed by atoms with van der Waals surface area (Å²) in [4.78, 5) is 0. The summed E-state index contributed by atoms with van der Waals surface area (Å²) < 4.78 is 6.13. The third kappa shape index (κ3) is 1.34. The average Bonchev–Trinajstić information content (AvgIpc) is 2.48. The monoisotopic (exact) mass is 214 g/mol. The Morgan fingerprint density at radius 2 is 2.23 bits per heavy atom. The van der Waals surface area contributed by atoms with Crippen LogP contribution in [0.25, 0.3) is 10.1 Å². The van der Waals surface area contributed by atoms with Gasteiger partial charge in [0.05, 0.1) is 12.1 Å². The molecule has 0 bridgehead atoms. The van der Waals surface area contributed by atoms with Gasteiger partial charge >= 0.3 is 0 Å². The number of phenolic OH excluding ortho intramolecular Hbond substituents is 1. The number of rotatable bonds is 1. The first kappa shape index (κ1) is 8.66. The maximum Gasteiger partial charge on any atom is 0.137 e. The van der Waals surface area contributed by atoms with Crippen LogP contribution in [-0.2, 0) is 0 Å². The van der Waals surface area contributed by atoms with Gasteiger partial charge in [-0.1, -0.05) is 11.6 Å². The Morgan fingerprint density at radius 3 is 2.92 bits per heavy atom. The van der Waals surface area contributed by atoms with E-state index in [2.05, 4.69) is 0 Å². The molecule has 2 nitrogen and oxygen atoms in total. The minimum Gasteiger partial charge on any atom is -0.506 e. The Morgan fingerprint density at radius 1 is 1.46 bits per heavy atom. The second-order valence-electron chi connectivity index (χ2n) is 2.60. The van der Waals surface area contributed by atoms with Crippen molar-refractivity contribution in [3.8, 4) is 11.5 Å². The molecule has 0 radical (unpaired) electrons. The molecule has 0 aliphatic heterocycles. The number of hydrogen-bond acceptors (Lipinski definition) is 3. The van der Waals surface area contributed by atoms with Crippen molar-refractivity contribution in [2.45, 2.75) is 0 Å². The van der Waals surface area contributed by atoms with E-state index in [1.807, 2.05) is 5.38 Å². The molecule has 0 unspecified atom stereocenters. The number of hydrogen-bond donors (Lipinski definition) is 1. The van der Waals surface area contributed by atoms with Gasteiger partial charge in [0.25, 0.3) is 0 Å².